The molecule has 1 aromatic rings. The minimum Gasteiger partial charge on any atom is -0.387 e. The highest BCUT2D eigenvalue weighted by molar-refractivity contribution is 5.73. The zero-order chi connectivity index (χ0) is 17.5. The molecule has 2 atom stereocenters. The molecule has 5 nitrogen and oxygen atoms in total. The van der Waals surface area contributed by atoms with Crippen molar-refractivity contribution >= 4 is 6.03 Å². The zero-order valence-electron chi connectivity index (χ0n) is 15.1. The first kappa shape index (κ1) is 18.7. The van der Waals surface area contributed by atoms with Crippen LogP contribution in [0.15, 0.2) is 24.3 Å². The molecule has 2 unspecified atom stereocenters. The van der Waals surface area contributed by atoms with Gasteiger partial charge in [-0.25, -0.2) is 4.79 Å². The van der Waals surface area contributed by atoms with Crippen LogP contribution in [0, 0.1) is 12.8 Å². The van der Waals surface area contributed by atoms with Crippen molar-refractivity contribution in [3.63, 3.8) is 0 Å². The van der Waals surface area contributed by atoms with E-state index in [4.69, 9.17) is 0 Å². The quantitative estimate of drug-likeness (QED) is 0.749. The molecule has 5 heteroatoms. The van der Waals surface area contributed by atoms with Crippen molar-refractivity contribution in [1.82, 2.24) is 15.5 Å². The molecule has 0 saturated carbocycles. The van der Waals surface area contributed by atoms with Crippen molar-refractivity contribution in [2.45, 2.75) is 45.8 Å². The first-order valence-electron chi connectivity index (χ1n) is 8.96. The summed E-state index contributed by atoms with van der Waals surface area (Å²) in [5.74, 6) is 0.813. The molecule has 1 fully saturated rings. The van der Waals surface area contributed by atoms with Gasteiger partial charge in [-0.15, -0.1) is 0 Å². The van der Waals surface area contributed by atoms with Crippen LogP contribution in [-0.2, 0) is 0 Å². The van der Waals surface area contributed by atoms with Crippen molar-refractivity contribution in [3.05, 3.63) is 35.4 Å². The first-order valence-corrected chi connectivity index (χ1v) is 8.96. The molecule has 0 spiro atoms. The summed E-state index contributed by atoms with van der Waals surface area (Å²) in [5, 5.41) is 15.9. The van der Waals surface area contributed by atoms with Gasteiger partial charge in [-0.1, -0.05) is 31.2 Å². The van der Waals surface area contributed by atoms with E-state index < -0.39 is 6.10 Å². The van der Waals surface area contributed by atoms with E-state index >= 15 is 0 Å². The molecule has 2 rings (SSSR count). The Labute approximate surface area is 145 Å². The summed E-state index contributed by atoms with van der Waals surface area (Å²) in [6, 6.07) is 7.80. The van der Waals surface area contributed by atoms with Crippen molar-refractivity contribution in [1.29, 1.82) is 0 Å². The highest BCUT2D eigenvalue weighted by Crippen LogP contribution is 2.18. The normalized spacial score (nSPS) is 18.8. The number of hydrogen-bond donors (Lipinski definition) is 3. The average Bonchev–Trinajstić information content (AvgIpc) is 2.58. The van der Waals surface area contributed by atoms with Gasteiger partial charge in [0.1, 0.15) is 0 Å². The van der Waals surface area contributed by atoms with Crippen LogP contribution in [0.1, 0.15) is 43.9 Å². The van der Waals surface area contributed by atoms with E-state index in [9.17, 15) is 9.90 Å². The SMILES string of the molecule is Cc1ccccc1C(O)CNC(=O)NCC(C)N1CCC(C)CC1. The molecular formula is C19H31N3O2. The predicted octanol–water partition coefficient (Wildman–Crippen LogP) is 2.45. The number of nitrogens with zero attached hydrogens (tertiary/aromatic N) is 1. The van der Waals surface area contributed by atoms with E-state index in [0.29, 0.717) is 12.6 Å². The van der Waals surface area contributed by atoms with Crippen molar-refractivity contribution in [2.24, 2.45) is 5.92 Å². The Balaban J connectivity index is 1.69. The maximum absolute atomic E-state index is 12.0. The smallest absolute Gasteiger partial charge is 0.314 e. The standard InChI is InChI=1S/C19H31N3O2/c1-14-8-10-22(11-9-14)16(3)12-20-19(24)21-13-18(23)17-7-5-4-6-15(17)2/h4-7,14,16,18,23H,8-13H2,1-3H3,(H2,20,21,24). The summed E-state index contributed by atoms with van der Waals surface area (Å²) < 4.78 is 0. The fraction of sp³-hybridized carbons (Fsp3) is 0.632. The second-order valence-corrected chi connectivity index (χ2v) is 7.03. The van der Waals surface area contributed by atoms with E-state index in [1.165, 1.54) is 12.8 Å². The molecule has 3 N–H and O–H groups in total. The molecule has 0 aromatic heterocycles. The lowest BCUT2D eigenvalue weighted by Gasteiger charge is -2.35. The van der Waals surface area contributed by atoms with Gasteiger partial charge in [-0.05, 0) is 56.8 Å². The van der Waals surface area contributed by atoms with Crippen LogP contribution in [0.2, 0.25) is 0 Å². The number of benzene rings is 1. The number of rotatable bonds is 6. The van der Waals surface area contributed by atoms with Crippen molar-refractivity contribution in [2.75, 3.05) is 26.2 Å². The van der Waals surface area contributed by atoms with Crippen LogP contribution in [0.5, 0.6) is 0 Å². The summed E-state index contributed by atoms with van der Waals surface area (Å²) in [7, 11) is 0. The Kier molecular flexibility index (Phi) is 7.06. The van der Waals surface area contributed by atoms with Crippen LogP contribution >= 0.6 is 0 Å². The number of carbonyl (C=O) groups is 1. The molecule has 1 aliphatic heterocycles. The summed E-state index contributed by atoms with van der Waals surface area (Å²) in [5.41, 5.74) is 1.88. The fourth-order valence-corrected chi connectivity index (χ4v) is 3.16. The van der Waals surface area contributed by atoms with Crippen molar-refractivity contribution < 1.29 is 9.90 Å². The van der Waals surface area contributed by atoms with Gasteiger partial charge in [-0.2, -0.15) is 0 Å². The number of aliphatic hydroxyl groups is 1. The Hall–Kier alpha value is -1.59. The minimum atomic E-state index is -0.682. The van der Waals surface area contributed by atoms with E-state index in [2.05, 4.69) is 29.4 Å². The molecule has 1 heterocycles. The second kappa shape index (κ2) is 9.04. The molecule has 1 aromatic carbocycles. The minimum absolute atomic E-state index is 0.215. The van der Waals surface area contributed by atoms with Crippen LogP contribution in [0.25, 0.3) is 0 Å². The third-order valence-electron chi connectivity index (χ3n) is 5.00. The fourth-order valence-electron chi connectivity index (χ4n) is 3.16. The number of urea groups is 1. The average molecular weight is 333 g/mol. The lowest BCUT2D eigenvalue weighted by atomic mass is 9.98. The number of nitrogens with one attached hydrogen (secondary N) is 2. The number of hydrogen-bond acceptors (Lipinski definition) is 3. The Morgan fingerprint density at radius 3 is 2.54 bits per heavy atom. The van der Waals surface area contributed by atoms with Gasteiger partial charge in [-0.3, -0.25) is 4.90 Å². The largest absolute Gasteiger partial charge is 0.387 e. The predicted molar refractivity (Wildman–Crippen MR) is 97.0 cm³/mol. The van der Waals surface area contributed by atoms with Gasteiger partial charge in [0.05, 0.1) is 6.10 Å². The van der Waals surface area contributed by atoms with E-state index in [1.54, 1.807) is 0 Å². The van der Waals surface area contributed by atoms with Gasteiger partial charge in [0.2, 0.25) is 0 Å². The second-order valence-electron chi connectivity index (χ2n) is 7.03. The summed E-state index contributed by atoms with van der Waals surface area (Å²) in [6.45, 7) is 9.47. The monoisotopic (exact) mass is 333 g/mol. The third-order valence-corrected chi connectivity index (χ3v) is 5.00. The number of amides is 2. The molecule has 0 aliphatic carbocycles. The Morgan fingerprint density at radius 1 is 1.25 bits per heavy atom. The van der Waals surface area contributed by atoms with Crippen LogP contribution in [0.4, 0.5) is 4.79 Å². The highest BCUT2D eigenvalue weighted by atomic mass is 16.3. The number of aliphatic hydroxyl groups excluding tert-OH is 1. The van der Waals surface area contributed by atoms with Crippen LogP contribution < -0.4 is 10.6 Å². The third kappa shape index (κ3) is 5.49. The lowest BCUT2D eigenvalue weighted by Crippen LogP contribution is -2.48. The van der Waals surface area contributed by atoms with E-state index in [0.717, 1.165) is 30.1 Å². The van der Waals surface area contributed by atoms with Crippen LogP contribution in [0.3, 0.4) is 0 Å². The molecule has 134 valence electrons. The zero-order valence-corrected chi connectivity index (χ0v) is 15.1. The Bertz CT molecular complexity index is 527. The summed E-state index contributed by atoms with van der Waals surface area (Å²) in [4.78, 5) is 14.4. The number of likely N-dealkylation sites (tertiary alicyclic amines) is 1. The van der Waals surface area contributed by atoms with Gasteiger partial charge in [0, 0.05) is 19.1 Å². The molecule has 1 saturated heterocycles. The molecule has 2 amide bonds. The van der Waals surface area contributed by atoms with E-state index in [1.807, 2.05) is 31.2 Å². The topological polar surface area (TPSA) is 64.6 Å². The van der Waals surface area contributed by atoms with Gasteiger partial charge >= 0.3 is 6.03 Å². The molecule has 24 heavy (non-hydrogen) atoms. The Morgan fingerprint density at radius 2 is 1.88 bits per heavy atom. The number of carbonyl (C=O) groups excluding carboxylic acids is 1. The lowest BCUT2D eigenvalue weighted by molar-refractivity contribution is 0.144. The molecular weight excluding hydrogens is 302 g/mol. The highest BCUT2D eigenvalue weighted by Gasteiger charge is 2.20. The van der Waals surface area contributed by atoms with Crippen LogP contribution in [-0.4, -0.2) is 48.3 Å². The van der Waals surface area contributed by atoms with Gasteiger partial charge in [0.25, 0.3) is 0 Å². The first-order chi connectivity index (χ1) is 11.5. The van der Waals surface area contributed by atoms with E-state index in [-0.39, 0.29) is 12.6 Å². The maximum Gasteiger partial charge on any atom is 0.314 e. The molecule has 0 bridgehead atoms. The number of piperidine rings is 1. The van der Waals surface area contributed by atoms with Gasteiger partial charge in [0.15, 0.2) is 0 Å². The molecule has 0 radical (unpaired) electrons. The van der Waals surface area contributed by atoms with Crippen molar-refractivity contribution in [3.8, 4) is 0 Å². The number of aryl methyl sites for hydroxylation is 1. The maximum atomic E-state index is 12.0. The van der Waals surface area contributed by atoms with Gasteiger partial charge < -0.3 is 15.7 Å². The summed E-state index contributed by atoms with van der Waals surface area (Å²) in [6.07, 6.45) is 1.79. The summed E-state index contributed by atoms with van der Waals surface area (Å²) >= 11 is 0. The molecule has 1 aliphatic rings.